The van der Waals surface area contributed by atoms with Gasteiger partial charge in [-0.05, 0) is 37.0 Å². The fraction of sp³-hybridized carbons (Fsp3) is 0.533. The first-order valence-electron chi connectivity index (χ1n) is 7.28. The van der Waals surface area contributed by atoms with E-state index in [0.717, 1.165) is 25.3 Å². The topological polar surface area (TPSA) is 56.8 Å². The number of carbonyl (C=O) groups excluding carboxylic acids is 1. The second kappa shape index (κ2) is 6.58. The molecule has 1 N–H and O–H groups in total. The summed E-state index contributed by atoms with van der Waals surface area (Å²) in [4.78, 5) is 11.5. The second-order valence-electron chi connectivity index (χ2n) is 5.40. The Hall–Kier alpha value is -1.73. The van der Waals surface area contributed by atoms with E-state index < -0.39 is 29.9 Å². The van der Waals surface area contributed by atoms with Crippen LogP contribution in [0.4, 0.5) is 13.6 Å². The van der Waals surface area contributed by atoms with Crippen molar-refractivity contribution in [2.24, 2.45) is 0 Å². The number of halogens is 2. The van der Waals surface area contributed by atoms with Crippen LogP contribution in [0.3, 0.4) is 0 Å². The van der Waals surface area contributed by atoms with E-state index in [9.17, 15) is 13.6 Å². The minimum absolute atomic E-state index is 0.103. The number of nitrogens with one attached hydrogen (secondary N) is 1. The number of carbonyl (C=O) groups is 1. The number of benzene rings is 1. The lowest BCUT2D eigenvalue weighted by atomic mass is 10.0. The number of rotatable bonds is 4. The summed E-state index contributed by atoms with van der Waals surface area (Å²) in [6.45, 7) is 0.748. The predicted octanol–water partition coefficient (Wildman–Crippen LogP) is 2.66. The molecular formula is C15H17F2NO4. The molecule has 120 valence electrons. The van der Waals surface area contributed by atoms with E-state index in [1.165, 1.54) is 12.1 Å². The van der Waals surface area contributed by atoms with Crippen LogP contribution in [0.25, 0.3) is 0 Å². The van der Waals surface area contributed by atoms with Crippen molar-refractivity contribution in [3.8, 4) is 0 Å². The van der Waals surface area contributed by atoms with Gasteiger partial charge in [0.25, 0.3) is 0 Å². The van der Waals surface area contributed by atoms with E-state index in [1.54, 1.807) is 0 Å². The third-order valence-electron chi connectivity index (χ3n) is 3.73. The van der Waals surface area contributed by atoms with Crippen molar-refractivity contribution >= 4 is 6.09 Å². The van der Waals surface area contributed by atoms with Gasteiger partial charge in [0.15, 0.2) is 12.4 Å². The van der Waals surface area contributed by atoms with Crippen molar-refractivity contribution in [1.29, 1.82) is 0 Å². The Kier molecular flexibility index (Phi) is 4.54. The molecule has 2 aliphatic heterocycles. The highest BCUT2D eigenvalue weighted by atomic mass is 19.1. The summed E-state index contributed by atoms with van der Waals surface area (Å²) in [7, 11) is 0. The quantitative estimate of drug-likeness (QED) is 0.928. The maximum atomic E-state index is 13.3. The molecule has 0 aliphatic carbocycles. The third-order valence-corrected chi connectivity index (χ3v) is 3.73. The fourth-order valence-corrected chi connectivity index (χ4v) is 2.69. The Morgan fingerprint density at radius 2 is 2.00 bits per heavy atom. The molecule has 0 bridgehead atoms. The zero-order chi connectivity index (χ0) is 15.5. The summed E-state index contributed by atoms with van der Waals surface area (Å²) in [5.74, 6) is -1.40. The Bertz CT molecular complexity index is 528. The fourth-order valence-electron chi connectivity index (χ4n) is 2.69. The molecule has 1 aromatic rings. The zero-order valence-corrected chi connectivity index (χ0v) is 11.9. The van der Waals surface area contributed by atoms with Gasteiger partial charge in [0.2, 0.25) is 0 Å². The van der Waals surface area contributed by atoms with Crippen molar-refractivity contribution in [2.75, 3.05) is 13.2 Å². The number of ether oxygens (including phenoxy) is 3. The first kappa shape index (κ1) is 15.2. The Balaban J connectivity index is 1.67. The van der Waals surface area contributed by atoms with Crippen LogP contribution in [0.5, 0.6) is 0 Å². The number of hydrogen-bond donors (Lipinski definition) is 1. The highest BCUT2D eigenvalue weighted by molar-refractivity contribution is 5.70. The summed E-state index contributed by atoms with van der Waals surface area (Å²) in [5.41, 5.74) is 0.307. The molecule has 3 atom stereocenters. The smallest absolute Gasteiger partial charge is 0.408 e. The zero-order valence-electron chi connectivity index (χ0n) is 11.9. The number of hydrogen-bond acceptors (Lipinski definition) is 4. The molecule has 0 spiro atoms. The average Bonchev–Trinajstić information content (AvgIpc) is 2.86. The molecule has 2 heterocycles. The van der Waals surface area contributed by atoms with E-state index >= 15 is 0 Å². The summed E-state index contributed by atoms with van der Waals surface area (Å²) < 4.78 is 42.8. The number of alkyl carbamates (subject to hydrolysis) is 1. The van der Waals surface area contributed by atoms with Crippen molar-refractivity contribution in [3.63, 3.8) is 0 Å². The third kappa shape index (κ3) is 3.53. The Morgan fingerprint density at radius 3 is 2.68 bits per heavy atom. The molecule has 2 fully saturated rings. The van der Waals surface area contributed by atoms with Crippen LogP contribution >= 0.6 is 0 Å². The SMILES string of the molecule is O=C1N[C@@H](c2cc(F)cc(F)c2)[C@H](COC2CCCCO2)O1. The van der Waals surface area contributed by atoms with E-state index in [4.69, 9.17) is 14.2 Å². The van der Waals surface area contributed by atoms with Gasteiger partial charge < -0.3 is 19.5 Å². The van der Waals surface area contributed by atoms with Crippen molar-refractivity contribution in [1.82, 2.24) is 5.32 Å². The van der Waals surface area contributed by atoms with Gasteiger partial charge in [0.05, 0.1) is 12.6 Å². The first-order valence-corrected chi connectivity index (χ1v) is 7.28. The van der Waals surface area contributed by atoms with Gasteiger partial charge in [0, 0.05) is 12.7 Å². The van der Waals surface area contributed by atoms with E-state index in [2.05, 4.69) is 5.32 Å². The average molecular weight is 313 g/mol. The maximum absolute atomic E-state index is 13.3. The van der Waals surface area contributed by atoms with Crippen LogP contribution < -0.4 is 5.32 Å². The van der Waals surface area contributed by atoms with Gasteiger partial charge in [-0.2, -0.15) is 0 Å². The van der Waals surface area contributed by atoms with Crippen LogP contribution in [-0.4, -0.2) is 31.7 Å². The molecular weight excluding hydrogens is 296 g/mol. The highest BCUT2D eigenvalue weighted by Crippen LogP contribution is 2.27. The summed E-state index contributed by atoms with van der Waals surface area (Å²) >= 11 is 0. The minimum atomic E-state index is -0.702. The lowest BCUT2D eigenvalue weighted by molar-refractivity contribution is -0.174. The molecule has 3 rings (SSSR count). The van der Waals surface area contributed by atoms with Gasteiger partial charge in [-0.1, -0.05) is 0 Å². The molecule has 5 nitrogen and oxygen atoms in total. The largest absolute Gasteiger partial charge is 0.441 e. The standard InChI is InChI=1S/C15H17F2NO4/c16-10-5-9(6-11(17)7-10)14-12(22-15(19)18-14)8-21-13-3-1-2-4-20-13/h5-7,12-14H,1-4,8H2,(H,18,19)/t12-,13?,14-/m0/s1. The van der Waals surface area contributed by atoms with Gasteiger partial charge in [0.1, 0.15) is 11.6 Å². The van der Waals surface area contributed by atoms with Crippen molar-refractivity contribution in [3.05, 3.63) is 35.4 Å². The van der Waals surface area contributed by atoms with E-state index in [1.807, 2.05) is 0 Å². The molecule has 1 aromatic carbocycles. The molecule has 0 saturated carbocycles. The molecule has 2 saturated heterocycles. The van der Waals surface area contributed by atoms with Crippen molar-refractivity contribution < 1.29 is 27.8 Å². The molecule has 0 radical (unpaired) electrons. The Labute approximate surface area is 126 Å². The van der Waals surface area contributed by atoms with Crippen molar-refractivity contribution in [2.45, 2.75) is 37.7 Å². The predicted molar refractivity (Wildman–Crippen MR) is 72.0 cm³/mol. The lowest BCUT2D eigenvalue weighted by Crippen LogP contribution is -2.30. The molecule has 1 unspecified atom stereocenters. The van der Waals surface area contributed by atoms with Gasteiger partial charge >= 0.3 is 6.09 Å². The van der Waals surface area contributed by atoms with E-state index in [-0.39, 0.29) is 12.9 Å². The monoisotopic (exact) mass is 313 g/mol. The molecule has 2 aliphatic rings. The number of cyclic esters (lactones) is 1. The number of amides is 1. The van der Waals surface area contributed by atoms with Crippen LogP contribution in [0.2, 0.25) is 0 Å². The first-order chi connectivity index (χ1) is 10.6. The van der Waals surface area contributed by atoms with Crippen LogP contribution in [0.1, 0.15) is 30.9 Å². The summed E-state index contributed by atoms with van der Waals surface area (Å²) in [5, 5.41) is 2.55. The summed E-state index contributed by atoms with van der Waals surface area (Å²) in [6, 6.07) is 2.48. The second-order valence-corrected chi connectivity index (χ2v) is 5.40. The normalized spacial score (nSPS) is 28.3. The lowest BCUT2D eigenvalue weighted by Gasteiger charge is -2.25. The van der Waals surface area contributed by atoms with Gasteiger partial charge in [-0.15, -0.1) is 0 Å². The summed E-state index contributed by atoms with van der Waals surface area (Å²) in [6.07, 6.45) is 1.20. The van der Waals surface area contributed by atoms with Gasteiger partial charge in [-0.3, -0.25) is 0 Å². The van der Waals surface area contributed by atoms with Gasteiger partial charge in [-0.25, -0.2) is 13.6 Å². The molecule has 22 heavy (non-hydrogen) atoms. The molecule has 1 amide bonds. The highest BCUT2D eigenvalue weighted by Gasteiger charge is 2.36. The van der Waals surface area contributed by atoms with Crippen LogP contribution in [0.15, 0.2) is 18.2 Å². The van der Waals surface area contributed by atoms with Crippen LogP contribution in [0, 0.1) is 11.6 Å². The molecule has 7 heteroatoms. The Morgan fingerprint density at radius 1 is 1.23 bits per heavy atom. The van der Waals surface area contributed by atoms with E-state index in [0.29, 0.717) is 12.2 Å². The molecule has 0 aromatic heterocycles. The minimum Gasteiger partial charge on any atom is -0.441 e. The maximum Gasteiger partial charge on any atom is 0.408 e. The van der Waals surface area contributed by atoms with Crippen LogP contribution in [-0.2, 0) is 14.2 Å².